The highest BCUT2D eigenvalue weighted by Crippen LogP contribution is 2.24. The first-order valence-electron chi connectivity index (χ1n) is 5.55. The van der Waals surface area contributed by atoms with Gasteiger partial charge in [0.15, 0.2) is 0 Å². The third-order valence-electron chi connectivity index (χ3n) is 2.59. The number of nitrogens with zero attached hydrogens (tertiary/aromatic N) is 4. The molecule has 0 bridgehead atoms. The van der Waals surface area contributed by atoms with E-state index < -0.39 is 0 Å². The molecule has 0 aliphatic rings. The first kappa shape index (κ1) is 13.6. The number of rotatable bonds is 4. The van der Waals surface area contributed by atoms with Gasteiger partial charge in [0.2, 0.25) is 0 Å². The van der Waals surface area contributed by atoms with Crippen LogP contribution in [-0.2, 0) is 13.0 Å². The normalized spacial score (nSPS) is 12.7. The van der Waals surface area contributed by atoms with Gasteiger partial charge in [0.25, 0.3) is 0 Å². The molecule has 96 valence electrons. The largest absolute Gasteiger partial charge is 0.322 e. The lowest BCUT2D eigenvalue weighted by Crippen LogP contribution is -2.18. The predicted molar refractivity (Wildman–Crippen MR) is 76.0 cm³/mol. The van der Waals surface area contributed by atoms with Crippen LogP contribution in [-0.4, -0.2) is 19.7 Å². The first-order chi connectivity index (χ1) is 8.61. The van der Waals surface area contributed by atoms with Gasteiger partial charge in [-0.3, -0.25) is 9.67 Å². The molecule has 1 atom stereocenters. The van der Waals surface area contributed by atoms with Crippen LogP contribution in [0.15, 0.2) is 27.5 Å². The molecule has 2 aromatic heterocycles. The minimum absolute atomic E-state index is 0.207. The summed E-state index contributed by atoms with van der Waals surface area (Å²) < 4.78 is 3.65. The molecule has 0 radical (unpaired) electrons. The molecule has 2 rings (SSSR count). The Morgan fingerprint density at radius 3 is 2.83 bits per heavy atom. The van der Waals surface area contributed by atoms with Crippen LogP contribution in [0.25, 0.3) is 0 Å². The maximum atomic E-state index is 6.17. The van der Waals surface area contributed by atoms with Gasteiger partial charge in [0.1, 0.15) is 12.2 Å². The third kappa shape index (κ3) is 2.96. The zero-order valence-corrected chi connectivity index (χ0v) is 13.0. The van der Waals surface area contributed by atoms with Crippen molar-refractivity contribution in [3.63, 3.8) is 0 Å². The van der Waals surface area contributed by atoms with E-state index in [0.29, 0.717) is 6.42 Å². The lowest BCUT2D eigenvalue weighted by Gasteiger charge is -2.12. The highest BCUT2D eigenvalue weighted by atomic mass is 79.9. The van der Waals surface area contributed by atoms with Crippen LogP contribution in [0, 0.1) is 0 Å². The van der Waals surface area contributed by atoms with Gasteiger partial charge in [-0.05, 0) is 44.8 Å². The molecule has 18 heavy (non-hydrogen) atoms. The molecular formula is C11H13Br2N5. The molecule has 2 heterocycles. The van der Waals surface area contributed by atoms with E-state index in [9.17, 15) is 0 Å². The average molecular weight is 375 g/mol. The molecule has 0 fully saturated rings. The fourth-order valence-electron chi connectivity index (χ4n) is 1.70. The van der Waals surface area contributed by atoms with Gasteiger partial charge in [0, 0.05) is 28.1 Å². The molecule has 0 spiro atoms. The van der Waals surface area contributed by atoms with E-state index in [4.69, 9.17) is 5.73 Å². The van der Waals surface area contributed by atoms with Crippen molar-refractivity contribution in [1.82, 2.24) is 19.7 Å². The summed E-state index contributed by atoms with van der Waals surface area (Å²) in [5.41, 5.74) is 6.99. The maximum Gasteiger partial charge on any atom is 0.138 e. The van der Waals surface area contributed by atoms with Crippen molar-refractivity contribution >= 4 is 31.9 Å². The van der Waals surface area contributed by atoms with Crippen molar-refractivity contribution in [2.75, 3.05) is 0 Å². The van der Waals surface area contributed by atoms with Gasteiger partial charge in [0.05, 0.1) is 11.7 Å². The molecule has 0 aromatic carbocycles. The highest BCUT2D eigenvalue weighted by Gasteiger charge is 2.15. The summed E-state index contributed by atoms with van der Waals surface area (Å²) in [5.74, 6) is 0.876. The summed E-state index contributed by atoms with van der Waals surface area (Å²) in [7, 11) is 0. The number of aryl methyl sites for hydroxylation is 1. The zero-order chi connectivity index (χ0) is 13.1. The van der Waals surface area contributed by atoms with E-state index in [1.165, 1.54) is 0 Å². The van der Waals surface area contributed by atoms with Crippen molar-refractivity contribution in [3.8, 4) is 0 Å². The highest BCUT2D eigenvalue weighted by molar-refractivity contribution is 9.11. The smallest absolute Gasteiger partial charge is 0.138 e. The Morgan fingerprint density at radius 2 is 2.17 bits per heavy atom. The zero-order valence-electron chi connectivity index (χ0n) is 9.85. The molecule has 1 unspecified atom stereocenters. The maximum absolute atomic E-state index is 6.17. The molecule has 2 N–H and O–H groups in total. The number of pyridine rings is 1. The van der Waals surface area contributed by atoms with Crippen molar-refractivity contribution in [2.45, 2.75) is 25.9 Å². The van der Waals surface area contributed by atoms with Gasteiger partial charge in [-0.15, -0.1) is 0 Å². The second-order valence-corrected chi connectivity index (χ2v) is 5.59. The fourth-order valence-corrected chi connectivity index (χ4v) is 2.98. The van der Waals surface area contributed by atoms with Crippen LogP contribution >= 0.6 is 31.9 Å². The fraction of sp³-hybridized carbons (Fsp3) is 0.364. The Kier molecular flexibility index (Phi) is 4.47. The molecule has 7 heteroatoms. The molecular weight excluding hydrogens is 362 g/mol. The van der Waals surface area contributed by atoms with Gasteiger partial charge < -0.3 is 5.73 Å². The lowest BCUT2D eigenvalue weighted by atomic mass is 10.1. The SMILES string of the molecule is CCn1ncnc1CC(N)c1ncc(Br)cc1Br. The van der Waals surface area contributed by atoms with Crippen molar-refractivity contribution in [3.05, 3.63) is 39.1 Å². The van der Waals surface area contributed by atoms with E-state index in [-0.39, 0.29) is 6.04 Å². The van der Waals surface area contributed by atoms with E-state index in [2.05, 4.69) is 46.9 Å². The Hall–Kier alpha value is -0.790. The Bertz CT molecular complexity index is 540. The summed E-state index contributed by atoms with van der Waals surface area (Å²) in [4.78, 5) is 8.56. The van der Waals surface area contributed by atoms with Crippen LogP contribution in [0.1, 0.15) is 24.5 Å². The number of hydrogen-bond donors (Lipinski definition) is 1. The Balaban J connectivity index is 2.19. The number of nitrogens with two attached hydrogens (primary N) is 1. The van der Waals surface area contributed by atoms with E-state index in [1.54, 1.807) is 12.5 Å². The van der Waals surface area contributed by atoms with E-state index >= 15 is 0 Å². The van der Waals surface area contributed by atoms with Gasteiger partial charge in [-0.2, -0.15) is 5.10 Å². The number of halogens is 2. The van der Waals surface area contributed by atoms with E-state index in [1.807, 2.05) is 17.7 Å². The Labute approximate surface area is 122 Å². The van der Waals surface area contributed by atoms with Crippen LogP contribution < -0.4 is 5.73 Å². The third-order valence-corrected chi connectivity index (χ3v) is 3.65. The summed E-state index contributed by atoms with van der Waals surface area (Å²) in [5, 5.41) is 4.13. The minimum atomic E-state index is -0.207. The van der Waals surface area contributed by atoms with Gasteiger partial charge >= 0.3 is 0 Å². The topological polar surface area (TPSA) is 69.6 Å². The molecule has 0 saturated carbocycles. The molecule has 2 aromatic rings. The predicted octanol–water partition coefficient (Wildman–Crippen LogP) is 2.46. The van der Waals surface area contributed by atoms with Crippen molar-refractivity contribution in [2.24, 2.45) is 5.73 Å². The van der Waals surface area contributed by atoms with Crippen LogP contribution in [0.4, 0.5) is 0 Å². The number of aromatic nitrogens is 4. The molecule has 5 nitrogen and oxygen atoms in total. The molecule has 0 amide bonds. The number of hydrogen-bond acceptors (Lipinski definition) is 4. The minimum Gasteiger partial charge on any atom is -0.322 e. The lowest BCUT2D eigenvalue weighted by molar-refractivity contribution is 0.574. The summed E-state index contributed by atoms with van der Waals surface area (Å²) >= 11 is 6.84. The molecule has 0 saturated heterocycles. The summed E-state index contributed by atoms with van der Waals surface area (Å²) in [6, 6.07) is 1.73. The molecule has 0 aliphatic carbocycles. The summed E-state index contributed by atoms with van der Waals surface area (Å²) in [6.45, 7) is 2.81. The monoisotopic (exact) mass is 373 g/mol. The quantitative estimate of drug-likeness (QED) is 0.892. The van der Waals surface area contributed by atoms with Crippen LogP contribution in [0.3, 0.4) is 0 Å². The summed E-state index contributed by atoms with van der Waals surface area (Å²) in [6.07, 6.45) is 3.90. The van der Waals surface area contributed by atoms with Crippen LogP contribution in [0.5, 0.6) is 0 Å². The van der Waals surface area contributed by atoms with Gasteiger partial charge in [-0.25, -0.2) is 4.98 Å². The van der Waals surface area contributed by atoms with Gasteiger partial charge in [-0.1, -0.05) is 0 Å². The molecule has 0 aliphatic heterocycles. The second kappa shape index (κ2) is 5.90. The second-order valence-electron chi connectivity index (χ2n) is 3.82. The first-order valence-corrected chi connectivity index (χ1v) is 7.13. The standard InChI is InChI=1S/C11H13Br2N5/c1-2-18-10(16-6-17-18)4-9(14)11-8(13)3-7(12)5-15-11/h3,5-6,9H,2,4,14H2,1H3. The van der Waals surface area contributed by atoms with Crippen molar-refractivity contribution in [1.29, 1.82) is 0 Å². The Morgan fingerprint density at radius 1 is 1.39 bits per heavy atom. The van der Waals surface area contributed by atoms with E-state index in [0.717, 1.165) is 27.0 Å². The average Bonchev–Trinajstić information content (AvgIpc) is 2.76. The van der Waals surface area contributed by atoms with Crippen LogP contribution in [0.2, 0.25) is 0 Å². The van der Waals surface area contributed by atoms with Crippen molar-refractivity contribution < 1.29 is 0 Å².